The van der Waals surface area contributed by atoms with Crippen LogP contribution in [0.1, 0.15) is 44.5 Å². The molecule has 1 rings (SSSR count). The number of hydrogen-bond acceptors (Lipinski definition) is 3. The zero-order valence-corrected chi connectivity index (χ0v) is 12.6. The number of anilines is 1. The summed E-state index contributed by atoms with van der Waals surface area (Å²) in [5.74, 6) is 1.88. The number of hydrogen-bond donors (Lipinski definition) is 1. The van der Waals surface area contributed by atoms with Gasteiger partial charge in [0.05, 0.1) is 12.8 Å². The summed E-state index contributed by atoms with van der Waals surface area (Å²) < 4.78 is 5.32. The average Bonchev–Trinajstić information content (AvgIpc) is 2.35. The van der Waals surface area contributed by atoms with E-state index in [9.17, 15) is 4.79 Å². The van der Waals surface area contributed by atoms with Crippen LogP contribution in [-0.4, -0.2) is 19.4 Å². The minimum Gasteiger partial charge on any atom is -0.495 e. The first-order chi connectivity index (χ1) is 8.93. The van der Waals surface area contributed by atoms with E-state index in [0.29, 0.717) is 18.3 Å². The van der Waals surface area contributed by atoms with E-state index < -0.39 is 0 Å². The van der Waals surface area contributed by atoms with Crippen LogP contribution in [0.25, 0.3) is 0 Å². The van der Waals surface area contributed by atoms with Crippen LogP contribution < -0.4 is 10.1 Å². The molecular weight excluding hydrogens is 238 g/mol. The summed E-state index contributed by atoms with van der Waals surface area (Å²) in [5.41, 5.74) is 1.64. The van der Waals surface area contributed by atoms with Crippen LogP contribution in [0.4, 0.5) is 5.69 Å². The first-order valence-corrected chi connectivity index (χ1v) is 6.89. The molecule has 3 nitrogen and oxygen atoms in total. The molecule has 19 heavy (non-hydrogen) atoms. The Morgan fingerprint density at radius 2 is 1.89 bits per heavy atom. The number of carbonyl (C=O) groups excluding carboxylic acids is 1. The average molecular weight is 263 g/mol. The van der Waals surface area contributed by atoms with Crippen molar-refractivity contribution in [3.63, 3.8) is 0 Å². The Balaban J connectivity index is 2.90. The van der Waals surface area contributed by atoms with Crippen molar-refractivity contribution in [2.45, 2.75) is 34.1 Å². The van der Waals surface area contributed by atoms with Crippen LogP contribution in [0.3, 0.4) is 0 Å². The van der Waals surface area contributed by atoms with Gasteiger partial charge in [0.2, 0.25) is 0 Å². The van der Waals surface area contributed by atoms with E-state index in [-0.39, 0.29) is 5.78 Å². The molecule has 0 fully saturated rings. The monoisotopic (exact) mass is 263 g/mol. The minimum atomic E-state index is 0.185. The summed E-state index contributed by atoms with van der Waals surface area (Å²) in [6, 6.07) is 5.59. The second kappa shape index (κ2) is 7.17. The zero-order valence-electron chi connectivity index (χ0n) is 12.6. The molecule has 3 heteroatoms. The molecule has 0 aliphatic rings. The molecule has 0 heterocycles. The fourth-order valence-electron chi connectivity index (χ4n) is 1.82. The van der Waals surface area contributed by atoms with Crippen LogP contribution in [0, 0.1) is 11.8 Å². The summed E-state index contributed by atoms with van der Waals surface area (Å²) in [5, 5.41) is 3.33. The molecule has 0 bridgehead atoms. The second-order valence-electron chi connectivity index (χ2n) is 5.71. The van der Waals surface area contributed by atoms with Gasteiger partial charge >= 0.3 is 0 Å². The summed E-state index contributed by atoms with van der Waals surface area (Å²) in [7, 11) is 1.64. The molecule has 0 saturated heterocycles. The number of rotatable bonds is 7. The summed E-state index contributed by atoms with van der Waals surface area (Å²) in [6.45, 7) is 9.26. The number of ketones is 1. The third-order valence-corrected chi connectivity index (χ3v) is 2.82. The Labute approximate surface area is 116 Å². The largest absolute Gasteiger partial charge is 0.495 e. The summed E-state index contributed by atoms with van der Waals surface area (Å²) >= 11 is 0. The topological polar surface area (TPSA) is 38.3 Å². The van der Waals surface area contributed by atoms with Crippen LogP contribution in [0.2, 0.25) is 0 Å². The molecule has 106 valence electrons. The molecule has 0 aromatic heterocycles. The normalized spacial score (nSPS) is 10.9. The number of methoxy groups -OCH3 is 1. The van der Waals surface area contributed by atoms with Crippen molar-refractivity contribution in [1.29, 1.82) is 0 Å². The summed E-state index contributed by atoms with van der Waals surface area (Å²) in [6.07, 6.45) is 0.579. The molecular formula is C16H25NO2. The standard InChI is InChI=1S/C16H25NO2/c1-11(2)8-15(18)13-6-7-16(19-5)14(9-13)17-10-12(3)4/h6-7,9,11-12,17H,8,10H2,1-5H3. The third kappa shape index (κ3) is 4.93. The molecule has 0 spiro atoms. The Morgan fingerprint density at radius 1 is 1.21 bits per heavy atom. The van der Waals surface area contributed by atoms with Crippen molar-refractivity contribution >= 4 is 11.5 Å². The highest BCUT2D eigenvalue weighted by molar-refractivity contribution is 5.97. The first-order valence-electron chi connectivity index (χ1n) is 6.89. The van der Waals surface area contributed by atoms with Crippen LogP contribution in [0.5, 0.6) is 5.75 Å². The fraction of sp³-hybridized carbons (Fsp3) is 0.562. The quantitative estimate of drug-likeness (QED) is 0.756. The van der Waals surface area contributed by atoms with Gasteiger partial charge in [-0.2, -0.15) is 0 Å². The molecule has 1 aromatic rings. The van der Waals surface area contributed by atoms with Gasteiger partial charge < -0.3 is 10.1 Å². The predicted molar refractivity (Wildman–Crippen MR) is 80.1 cm³/mol. The third-order valence-electron chi connectivity index (χ3n) is 2.82. The van der Waals surface area contributed by atoms with Crippen LogP contribution >= 0.6 is 0 Å². The van der Waals surface area contributed by atoms with E-state index in [0.717, 1.165) is 23.5 Å². The van der Waals surface area contributed by atoms with Gasteiger partial charge in [-0.25, -0.2) is 0 Å². The SMILES string of the molecule is COc1ccc(C(=O)CC(C)C)cc1NCC(C)C. The number of Topliss-reactive ketones (excluding diaryl/α,β-unsaturated/α-hetero) is 1. The number of benzene rings is 1. The fourth-order valence-corrected chi connectivity index (χ4v) is 1.82. The maximum Gasteiger partial charge on any atom is 0.163 e. The van der Waals surface area contributed by atoms with E-state index in [1.165, 1.54) is 0 Å². The molecule has 0 aliphatic heterocycles. The van der Waals surface area contributed by atoms with Crippen molar-refractivity contribution in [2.24, 2.45) is 11.8 Å². The van der Waals surface area contributed by atoms with E-state index in [1.807, 2.05) is 18.2 Å². The van der Waals surface area contributed by atoms with E-state index in [4.69, 9.17) is 4.74 Å². The van der Waals surface area contributed by atoms with Crippen molar-refractivity contribution in [2.75, 3.05) is 19.0 Å². The molecule has 0 amide bonds. The Kier molecular flexibility index (Phi) is 5.87. The number of carbonyl (C=O) groups is 1. The highest BCUT2D eigenvalue weighted by atomic mass is 16.5. The molecule has 0 saturated carbocycles. The van der Waals surface area contributed by atoms with Gasteiger partial charge in [-0.15, -0.1) is 0 Å². The molecule has 1 aromatic carbocycles. The maximum atomic E-state index is 12.1. The first kappa shape index (κ1) is 15.5. The van der Waals surface area contributed by atoms with Gasteiger partial charge in [-0.3, -0.25) is 4.79 Å². The minimum absolute atomic E-state index is 0.185. The smallest absolute Gasteiger partial charge is 0.163 e. The Hall–Kier alpha value is -1.51. The Morgan fingerprint density at radius 3 is 2.42 bits per heavy atom. The molecule has 0 aliphatic carbocycles. The second-order valence-corrected chi connectivity index (χ2v) is 5.71. The molecule has 1 N–H and O–H groups in total. The van der Waals surface area contributed by atoms with E-state index >= 15 is 0 Å². The summed E-state index contributed by atoms with van der Waals surface area (Å²) in [4.78, 5) is 12.1. The van der Waals surface area contributed by atoms with E-state index in [1.54, 1.807) is 7.11 Å². The van der Waals surface area contributed by atoms with Gasteiger partial charge in [0.25, 0.3) is 0 Å². The zero-order chi connectivity index (χ0) is 14.4. The number of ether oxygens (including phenoxy) is 1. The lowest BCUT2D eigenvalue weighted by Crippen LogP contribution is -2.10. The number of nitrogens with one attached hydrogen (secondary N) is 1. The van der Waals surface area contributed by atoms with Crippen molar-refractivity contribution in [3.05, 3.63) is 23.8 Å². The Bertz CT molecular complexity index is 425. The maximum absolute atomic E-state index is 12.1. The lowest BCUT2D eigenvalue weighted by atomic mass is 10.0. The van der Waals surface area contributed by atoms with Gasteiger partial charge in [-0.05, 0) is 30.0 Å². The highest BCUT2D eigenvalue weighted by Gasteiger charge is 2.11. The van der Waals surface area contributed by atoms with Gasteiger partial charge in [0.1, 0.15) is 5.75 Å². The molecule has 0 unspecified atom stereocenters. The van der Waals surface area contributed by atoms with E-state index in [2.05, 4.69) is 33.0 Å². The highest BCUT2D eigenvalue weighted by Crippen LogP contribution is 2.26. The lowest BCUT2D eigenvalue weighted by Gasteiger charge is -2.14. The van der Waals surface area contributed by atoms with Crippen molar-refractivity contribution < 1.29 is 9.53 Å². The van der Waals surface area contributed by atoms with Gasteiger partial charge in [-0.1, -0.05) is 27.7 Å². The lowest BCUT2D eigenvalue weighted by molar-refractivity contribution is 0.0968. The van der Waals surface area contributed by atoms with Gasteiger partial charge in [0.15, 0.2) is 5.78 Å². The van der Waals surface area contributed by atoms with Crippen LogP contribution in [-0.2, 0) is 0 Å². The van der Waals surface area contributed by atoms with Crippen LogP contribution in [0.15, 0.2) is 18.2 Å². The van der Waals surface area contributed by atoms with Gasteiger partial charge in [0, 0.05) is 18.5 Å². The van der Waals surface area contributed by atoms with Crippen molar-refractivity contribution in [1.82, 2.24) is 0 Å². The molecule has 0 atom stereocenters. The predicted octanol–water partition coefficient (Wildman–Crippen LogP) is 3.99. The van der Waals surface area contributed by atoms with Crippen molar-refractivity contribution in [3.8, 4) is 5.75 Å². The molecule has 0 radical (unpaired) electrons.